The average Bonchev–Trinajstić information content (AvgIpc) is 2.97. The van der Waals surface area contributed by atoms with Crippen molar-refractivity contribution >= 4 is 0 Å². The summed E-state index contributed by atoms with van der Waals surface area (Å²) in [5.74, 6) is 2.69. The topological polar surface area (TPSA) is 27.7 Å². The van der Waals surface area contributed by atoms with Crippen molar-refractivity contribution in [2.45, 2.75) is 59.0 Å². The molecule has 0 aromatic carbocycles. The van der Waals surface area contributed by atoms with Crippen LogP contribution in [0.15, 0.2) is 0 Å². The van der Waals surface area contributed by atoms with Crippen LogP contribution in [-0.4, -0.2) is 33.2 Å². The van der Waals surface area contributed by atoms with Crippen molar-refractivity contribution in [2.24, 2.45) is 28.6 Å². The van der Waals surface area contributed by atoms with Crippen molar-refractivity contribution in [1.82, 2.24) is 0 Å². The summed E-state index contributed by atoms with van der Waals surface area (Å²) in [6.07, 6.45) is 7.21. The minimum absolute atomic E-state index is 0.392. The van der Waals surface area contributed by atoms with E-state index in [0.717, 1.165) is 17.8 Å². The number of fused-ring (bicyclic) bond motifs is 3. The van der Waals surface area contributed by atoms with Crippen LogP contribution in [0.25, 0.3) is 0 Å². The molecule has 0 aromatic rings. The van der Waals surface area contributed by atoms with E-state index in [0.29, 0.717) is 36.9 Å². The zero-order valence-corrected chi connectivity index (χ0v) is 14.2. The smallest absolute Gasteiger partial charge is 0.147 e. The van der Waals surface area contributed by atoms with Crippen molar-refractivity contribution < 1.29 is 14.2 Å². The van der Waals surface area contributed by atoms with Crippen molar-refractivity contribution in [3.63, 3.8) is 0 Å². The van der Waals surface area contributed by atoms with Gasteiger partial charge in [0.05, 0.1) is 19.3 Å². The van der Waals surface area contributed by atoms with E-state index in [2.05, 4.69) is 20.8 Å². The van der Waals surface area contributed by atoms with Gasteiger partial charge in [0.15, 0.2) is 0 Å². The monoisotopic (exact) mass is 296 g/mol. The summed E-state index contributed by atoms with van der Waals surface area (Å²) < 4.78 is 16.7. The predicted octanol–water partition coefficient (Wildman–Crippen LogP) is 3.86. The van der Waals surface area contributed by atoms with Crippen LogP contribution in [0.4, 0.5) is 0 Å². The molecule has 3 nitrogen and oxygen atoms in total. The quantitative estimate of drug-likeness (QED) is 0.550. The molecule has 0 spiro atoms. The van der Waals surface area contributed by atoms with E-state index in [1.165, 1.54) is 32.1 Å². The molecule has 0 bridgehead atoms. The Labute approximate surface area is 129 Å². The molecule has 122 valence electrons. The minimum Gasteiger partial charge on any atom is -0.382 e. The molecule has 3 saturated carbocycles. The van der Waals surface area contributed by atoms with Gasteiger partial charge >= 0.3 is 0 Å². The minimum atomic E-state index is 0.392. The fourth-order valence-corrected chi connectivity index (χ4v) is 5.78. The van der Waals surface area contributed by atoms with Gasteiger partial charge in [0.2, 0.25) is 0 Å². The SMILES string of the molecule is COCCOCO[C@H]1CC[C@H]2C[C@@H]3CC(C)(C)C[C@@H]3[C@]21C. The first-order valence-electron chi connectivity index (χ1n) is 8.65. The van der Waals surface area contributed by atoms with Crippen molar-refractivity contribution in [3.05, 3.63) is 0 Å². The standard InChI is InChI=1S/C18H32O3/c1-17(2)10-13-9-14-5-6-16(18(14,3)15(13)11-17)21-12-20-8-7-19-4/h13-16H,5-12H2,1-4H3/t13-,14+,15+,16+,18+/m1/s1. The number of rotatable bonds is 6. The van der Waals surface area contributed by atoms with Gasteiger partial charge in [-0.2, -0.15) is 0 Å². The molecule has 0 N–H and O–H groups in total. The van der Waals surface area contributed by atoms with Crippen LogP contribution < -0.4 is 0 Å². The number of hydrogen-bond donors (Lipinski definition) is 0. The van der Waals surface area contributed by atoms with E-state index < -0.39 is 0 Å². The van der Waals surface area contributed by atoms with Gasteiger partial charge in [0, 0.05) is 7.11 Å². The highest BCUT2D eigenvalue weighted by Gasteiger charge is 2.62. The fourth-order valence-electron chi connectivity index (χ4n) is 5.78. The fraction of sp³-hybridized carbons (Fsp3) is 1.00. The van der Waals surface area contributed by atoms with E-state index >= 15 is 0 Å². The third kappa shape index (κ3) is 2.77. The predicted molar refractivity (Wildman–Crippen MR) is 83.0 cm³/mol. The Morgan fingerprint density at radius 1 is 1.05 bits per heavy atom. The zero-order valence-electron chi connectivity index (χ0n) is 14.2. The van der Waals surface area contributed by atoms with Gasteiger partial charge in [0.1, 0.15) is 6.79 Å². The Morgan fingerprint density at radius 2 is 1.86 bits per heavy atom. The molecule has 3 aliphatic rings. The third-order valence-electron chi connectivity index (χ3n) is 6.68. The van der Waals surface area contributed by atoms with Gasteiger partial charge in [-0.15, -0.1) is 0 Å². The summed E-state index contributed by atoms with van der Waals surface area (Å²) >= 11 is 0. The van der Waals surface area contributed by atoms with E-state index in [1.54, 1.807) is 7.11 Å². The summed E-state index contributed by atoms with van der Waals surface area (Å²) in [5, 5.41) is 0. The molecule has 21 heavy (non-hydrogen) atoms. The molecule has 0 radical (unpaired) electrons. The van der Waals surface area contributed by atoms with Gasteiger partial charge in [-0.05, 0) is 60.7 Å². The number of hydrogen-bond acceptors (Lipinski definition) is 3. The average molecular weight is 296 g/mol. The maximum Gasteiger partial charge on any atom is 0.147 e. The van der Waals surface area contributed by atoms with Crippen LogP contribution >= 0.6 is 0 Å². The first-order chi connectivity index (χ1) is 9.97. The lowest BCUT2D eigenvalue weighted by Gasteiger charge is -2.38. The Balaban J connectivity index is 1.59. The largest absolute Gasteiger partial charge is 0.382 e. The lowest BCUT2D eigenvalue weighted by Crippen LogP contribution is -2.38. The third-order valence-corrected chi connectivity index (χ3v) is 6.68. The summed E-state index contributed by atoms with van der Waals surface area (Å²) in [7, 11) is 1.70. The summed E-state index contributed by atoms with van der Waals surface area (Å²) in [6.45, 7) is 9.10. The Morgan fingerprint density at radius 3 is 2.62 bits per heavy atom. The van der Waals surface area contributed by atoms with Crippen LogP contribution in [0.2, 0.25) is 0 Å². The van der Waals surface area contributed by atoms with Crippen LogP contribution in [-0.2, 0) is 14.2 Å². The Bertz CT molecular complexity index is 367. The lowest BCUT2D eigenvalue weighted by atomic mass is 9.71. The second-order valence-electron chi connectivity index (χ2n) is 8.49. The van der Waals surface area contributed by atoms with Crippen LogP contribution in [0, 0.1) is 28.6 Å². The van der Waals surface area contributed by atoms with E-state index in [9.17, 15) is 0 Å². The molecule has 0 aromatic heterocycles. The zero-order chi connectivity index (χ0) is 15.1. The summed E-state index contributed by atoms with van der Waals surface area (Å²) in [4.78, 5) is 0. The second kappa shape index (κ2) is 5.82. The first kappa shape index (κ1) is 15.8. The molecule has 0 heterocycles. The van der Waals surface area contributed by atoms with Crippen molar-refractivity contribution in [2.75, 3.05) is 27.1 Å². The summed E-state index contributed by atoms with van der Waals surface area (Å²) in [5.41, 5.74) is 0.925. The van der Waals surface area contributed by atoms with Crippen LogP contribution in [0.3, 0.4) is 0 Å². The maximum atomic E-state index is 6.17. The summed E-state index contributed by atoms with van der Waals surface area (Å²) in [6, 6.07) is 0. The number of methoxy groups -OCH3 is 1. The Kier molecular flexibility index (Phi) is 4.37. The molecular weight excluding hydrogens is 264 g/mol. The van der Waals surface area contributed by atoms with Gasteiger partial charge < -0.3 is 14.2 Å². The first-order valence-corrected chi connectivity index (χ1v) is 8.65. The van der Waals surface area contributed by atoms with E-state index in [1.807, 2.05) is 0 Å². The van der Waals surface area contributed by atoms with Gasteiger partial charge in [-0.25, -0.2) is 0 Å². The van der Waals surface area contributed by atoms with E-state index in [4.69, 9.17) is 14.2 Å². The molecule has 3 heteroatoms. The maximum absolute atomic E-state index is 6.17. The normalized spacial score (nSPS) is 44.0. The molecule has 0 aliphatic heterocycles. The molecule has 0 unspecified atom stereocenters. The van der Waals surface area contributed by atoms with Crippen molar-refractivity contribution in [1.29, 1.82) is 0 Å². The highest BCUT2D eigenvalue weighted by Crippen LogP contribution is 2.67. The van der Waals surface area contributed by atoms with Gasteiger partial charge in [0.25, 0.3) is 0 Å². The molecule has 0 saturated heterocycles. The lowest BCUT2D eigenvalue weighted by molar-refractivity contribution is -0.135. The highest BCUT2D eigenvalue weighted by atomic mass is 16.7. The molecule has 3 fully saturated rings. The molecule has 5 atom stereocenters. The molecule has 3 aliphatic carbocycles. The molecule has 3 rings (SSSR count). The van der Waals surface area contributed by atoms with Gasteiger partial charge in [-0.1, -0.05) is 20.8 Å². The molecule has 0 amide bonds. The Hall–Kier alpha value is -0.120. The highest BCUT2D eigenvalue weighted by molar-refractivity contribution is 5.11. The molecular formula is C18H32O3. The second-order valence-corrected chi connectivity index (χ2v) is 8.49. The van der Waals surface area contributed by atoms with Crippen molar-refractivity contribution in [3.8, 4) is 0 Å². The van der Waals surface area contributed by atoms with Crippen LogP contribution in [0.1, 0.15) is 52.9 Å². The van der Waals surface area contributed by atoms with Crippen LogP contribution in [0.5, 0.6) is 0 Å². The van der Waals surface area contributed by atoms with Gasteiger partial charge in [-0.3, -0.25) is 0 Å². The van der Waals surface area contributed by atoms with E-state index in [-0.39, 0.29) is 0 Å². The number of ether oxygens (including phenoxy) is 3.